The molecule has 1 aliphatic rings. The van der Waals surface area contributed by atoms with E-state index in [-0.39, 0.29) is 29.3 Å². The van der Waals surface area contributed by atoms with Gasteiger partial charge in [-0.2, -0.15) is 0 Å². The fraction of sp³-hybridized carbons (Fsp3) is 0.611. The Balaban J connectivity index is 2.16. The van der Waals surface area contributed by atoms with E-state index in [1.165, 1.54) is 13.2 Å². The van der Waals surface area contributed by atoms with Crippen LogP contribution < -0.4 is 15.8 Å². The Bertz CT molecular complexity index is 697. The first-order valence-electron chi connectivity index (χ1n) is 8.55. The van der Waals surface area contributed by atoms with E-state index < -0.39 is 5.60 Å². The summed E-state index contributed by atoms with van der Waals surface area (Å²) in [5.41, 5.74) is 5.39. The van der Waals surface area contributed by atoms with Gasteiger partial charge in [-0.1, -0.05) is 13.8 Å². The van der Waals surface area contributed by atoms with Crippen molar-refractivity contribution in [1.82, 2.24) is 15.2 Å². The number of carbonyl (C=O) groups excluding carboxylic acids is 2. The normalized spacial score (nSPS) is 19.2. The highest BCUT2D eigenvalue weighted by atomic mass is 16.6. The number of anilines is 1. The SMILES string of the molecule is CNC(=O)c1cnc(N)c(O[C@H]2CN(C(=O)OC(C)(C)C)CC2(C)C)c1. The van der Waals surface area contributed by atoms with Crippen molar-refractivity contribution in [2.75, 3.05) is 25.9 Å². The van der Waals surface area contributed by atoms with E-state index in [1.54, 1.807) is 11.0 Å². The number of rotatable bonds is 3. The fourth-order valence-electron chi connectivity index (χ4n) is 2.74. The summed E-state index contributed by atoms with van der Waals surface area (Å²) < 4.78 is 11.5. The van der Waals surface area contributed by atoms with Gasteiger partial charge in [-0.15, -0.1) is 0 Å². The number of hydrogen-bond donors (Lipinski definition) is 2. The molecule has 0 radical (unpaired) electrons. The van der Waals surface area contributed by atoms with Gasteiger partial charge < -0.3 is 25.4 Å². The minimum atomic E-state index is -0.559. The van der Waals surface area contributed by atoms with Crippen LogP contribution in [0.2, 0.25) is 0 Å². The molecule has 0 saturated carbocycles. The third-order valence-corrected chi connectivity index (χ3v) is 4.15. The molecule has 144 valence electrons. The molecule has 0 aromatic carbocycles. The summed E-state index contributed by atoms with van der Waals surface area (Å²) in [7, 11) is 1.54. The Morgan fingerprint density at radius 3 is 2.62 bits per heavy atom. The smallest absolute Gasteiger partial charge is 0.410 e. The second kappa shape index (κ2) is 7.01. The Morgan fingerprint density at radius 2 is 2.04 bits per heavy atom. The zero-order valence-corrected chi connectivity index (χ0v) is 16.3. The van der Waals surface area contributed by atoms with Gasteiger partial charge >= 0.3 is 6.09 Å². The minimum absolute atomic E-state index is 0.198. The number of pyridine rings is 1. The molecule has 26 heavy (non-hydrogen) atoms. The summed E-state index contributed by atoms with van der Waals surface area (Å²) in [5.74, 6) is 0.253. The number of likely N-dealkylation sites (tertiary alicyclic amines) is 1. The van der Waals surface area contributed by atoms with Gasteiger partial charge in [0.05, 0.1) is 12.1 Å². The minimum Gasteiger partial charge on any atom is -0.484 e. The van der Waals surface area contributed by atoms with Crippen molar-refractivity contribution in [2.24, 2.45) is 5.41 Å². The Kier molecular flexibility index (Phi) is 5.34. The molecule has 8 nitrogen and oxygen atoms in total. The van der Waals surface area contributed by atoms with Crippen LogP contribution in [-0.4, -0.2) is 53.7 Å². The molecular weight excluding hydrogens is 336 g/mol. The summed E-state index contributed by atoms with van der Waals surface area (Å²) in [4.78, 5) is 29.8. The van der Waals surface area contributed by atoms with Crippen molar-refractivity contribution in [3.05, 3.63) is 17.8 Å². The summed E-state index contributed by atoms with van der Waals surface area (Å²) in [6.07, 6.45) is 0.717. The average molecular weight is 364 g/mol. The number of ether oxygens (including phenoxy) is 2. The van der Waals surface area contributed by atoms with Gasteiger partial charge in [0.25, 0.3) is 5.91 Å². The Morgan fingerprint density at radius 1 is 1.38 bits per heavy atom. The van der Waals surface area contributed by atoms with Crippen LogP contribution in [0.4, 0.5) is 10.6 Å². The number of nitrogens with zero attached hydrogens (tertiary/aromatic N) is 2. The summed E-state index contributed by atoms with van der Waals surface area (Å²) in [6, 6.07) is 1.56. The maximum Gasteiger partial charge on any atom is 0.410 e. The van der Waals surface area contributed by atoms with Gasteiger partial charge in [0.15, 0.2) is 11.6 Å². The van der Waals surface area contributed by atoms with E-state index in [2.05, 4.69) is 10.3 Å². The van der Waals surface area contributed by atoms with Gasteiger partial charge in [-0.3, -0.25) is 4.79 Å². The molecule has 1 atom stereocenters. The molecule has 0 spiro atoms. The zero-order chi connectivity index (χ0) is 19.7. The lowest BCUT2D eigenvalue weighted by Gasteiger charge is -2.26. The van der Waals surface area contributed by atoms with E-state index in [4.69, 9.17) is 15.2 Å². The molecule has 0 unspecified atom stereocenters. The molecule has 1 aromatic heterocycles. The van der Waals surface area contributed by atoms with Crippen LogP contribution in [0.15, 0.2) is 12.3 Å². The highest BCUT2D eigenvalue weighted by molar-refractivity contribution is 5.94. The molecule has 3 N–H and O–H groups in total. The van der Waals surface area contributed by atoms with Crippen molar-refractivity contribution in [2.45, 2.75) is 46.3 Å². The highest BCUT2D eigenvalue weighted by Gasteiger charge is 2.44. The molecule has 0 aliphatic carbocycles. The fourth-order valence-corrected chi connectivity index (χ4v) is 2.74. The van der Waals surface area contributed by atoms with Gasteiger partial charge in [0.1, 0.15) is 11.7 Å². The van der Waals surface area contributed by atoms with Gasteiger partial charge in [-0.05, 0) is 26.8 Å². The monoisotopic (exact) mass is 364 g/mol. The lowest BCUT2D eigenvalue weighted by Crippen LogP contribution is -2.36. The highest BCUT2D eigenvalue weighted by Crippen LogP contribution is 2.35. The number of amides is 2. The van der Waals surface area contributed by atoms with Crippen LogP contribution in [-0.2, 0) is 4.74 Å². The van der Waals surface area contributed by atoms with Crippen molar-refractivity contribution in [3.63, 3.8) is 0 Å². The molecule has 0 bridgehead atoms. The first-order chi connectivity index (χ1) is 11.9. The van der Waals surface area contributed by atoms with Crippen molar-refractivity contribution < 1.29 is 19.1 Å². The summed E-state index contributed by atoms with van der Waals surface area (Å²) >= 11 is 0. The predicted molar refractivity (Wildman–Crippen MR) is 98.0 cm³/mol. The predicted octanol–water partition coefficient (Wildman–Crippen LogP) is 2.05. The number of carbonyl (C=O) groups is 2. The van der Waals surface area contributed by atoms with Crippen LogP contribution in [0.3, 0.4) is 0 Å². The summed E-state index contributed by atoms with van der Waals surface area (Å²) in [5, 5.41) is 2.54. The Labute approximate surface area is 154 Å². The zero-order valence-electron chi connectivity index (χ0n) is 16.3. The lowest BCUT2D eigenvalue weighted by molar-refractivity contribution is 0.0272. The van der Waals surface area contributed by atoms with Gasteiger partial charge in [0, 0.05) is 25.2 Å². The molecule has 2 amide bonds. The van der Waals surface area contributed by atoms with Gasteiger partial charge in [-0.25, -0.2) is 9.78 Å². The van der Waals surface area contributed by atoms with E-state index >= 15 is 0 Å². The van der Waals surface area contributed by atoms with Crippen LogP contribution in [0.25, 0.3) is 0 Å². The number of nitrogens with two attached hydrogens (primary N) is 1. The topological polar surface area (TPSA) is 107 Å². The quantitative estimate of drug-likeness (QED) is 0.850. The second-order valence-corrected chi connectivity index (χ2v) is 8.14. The van der Waals surface area contributed by atoms with Crippen LogP contribution in [0.1, 0.15) is 45.0 Å². The molecule has 2 rings (SSSR count). The maximum atomic E-state index is 12.4. The van der Waals surface area contributed by atoms with Crippen LogP contribution in [0, 0.1) is 5.41 Å². The first kappa shape index (κ1) is 19.8. The third-order valence-electron chi connectivity index (χ3n) is 4.15. The molecule has 8 heteroatoms. The second-order valence-electron chi connectivity index (χ2n) is 8.14. The first-order valence-corrected chi connectivity index (χ1v) is 8.55. The number of nitrogen functional groups attached to an aromatic ring is 1. The van der Waals surface area contributed by atoms with E-state index in [0.717, 1.165) is 0 Å². The molecule has 1 aliphatic heterocycles. The van der Waals surface area contributed by atoms with E-state index in [1.807, 2.05) is 34.6 Å². The van der Waals surface area contributed by atoms with Crippen molar-refractivity contribution in [1.29, 1.82) is 0 Å². The largest absolute Gasteiger partial charge is 0.484 e. The third kappa shape index (κ3) is 4.56. The van der Waals surface area contributed by atoms with Crippen molar-refractivity contribution >= 4 is 17.8 Å². The van der Waals surface area contributed by atoms with Crippen molar-refractivity contribution in [3.8, 4) is 5.75 Å². The van der Waals surface area contributed by atoms with E-state index in [0.29, 0.717) is 24.4 Å². The molecule has 2 heterocycles. The molecule has 1 aromatic rings. The average Bonchev–Trinajstić information content (AvgIpc) is 2.82. The van der Waals surface area contributed by atoms with Crippen LogP contribution in [0.5, 0.6) is 5.75 Å². The maximum absolute atomic E-state index is 12.4. The standard InChI is InChI=1S/C18H28N4O4/c1-17(2,3)26-16(24)22-9-13(18(4,5)10-22)25-12-7-11(15(23)20-6)8-21-14(12)19/h7-8,13H,9-10H2,1-6H3,(H2,19,21)(H,20,23)/t13-/m0/s1. The Hall–Kier alpha value is -2.51. The number of aromatic nitrogens is 1. The number of hydrogen-bond acceptors (Lipinski definition) is 6. The molecule has 1 saturated heterocycles. The number of nitrogens with one attached hydrogen (secondary N) is 1. The molecular formula is C18H28N4O4. The summed E-state index contributed by atoms with van der Waals surface area (Å²) in [6.45, 7) is 10.4. The molecule has 1 fully saturated rings. The van der Waals surface area contributed by atoms with E-state index in [9.17, 15) is 9.59 Å². The van der Waals surface area contributed by atoms with Crippen LogP contribution >= 0.6 is 0 Å². The lowest BCUT2D eigenvalue weighted by atomic mass is 9.90. The van der Waals surface area contributed by atoms with Gasteiger partial charge in [0.2, 0.25) is 0 Å².